The van der Waals surface area contributed by atoms with Gasteiger partial charge in [-0.15, -0.1) is 0 Å². The van der Waals surface area contributed by atoms with Gasteiger partial charge in [0.2, 0.25) is 12.7 Å². The first kappa shape index (κ1) is 14.7. The van der Waals surface area contributed by atoms with Crippen LogP contribution in [0.3, 0.4) is 0 Å². The summed E-state index contributed by atoms with van der Waals surface area (Å²) < 4.78 is 10.6. The second-order valence-corrected chi connectivity index (χ2v) is 5.84. The topological polar surface area (TPSA) is 72.5 Å². The summed E-state index contributed by atoms with van der Waals surface area (Å²) in [6.07, 6.45) is 0.221. The highest BCUT2D eigenvalue weighted by Crippen LogP contribution is 2.32. The minimum atomic E-state index is -0.386. The Morgan fingerprint density at radius 3 is 2.67 bits per heavy atom. The fourth-order valence-electron chi connectivity index (χ4n) is 3.03. The summed E-state index contributed by atoms with van der Waals surface area (Å²) in [7, 11) is 0. The predicted octanol–water partition coefficient (Wildman–Crippen LogP) is 0.811. The number of ether oxygens (including phenoxy) is 2. The normalized spacial score (nSPS) is 19.2. The van der Waals surface area contributed by atoms with Crippen molar-refractivity contribution in [3.05, 3.63) is 54.1 Å². The van der Waals surface area contributed by atoms with Crippen LogP contribution in [0.5, 0.6) is 11.5 Å². The standard InChI is InChI=1S/C18H16N2O4/c21-17-9-14(18(22)20(17)13-4-2-1-3-5-13)19-10-12-6-7-15-16(8-12)24-11-23-15/h1-8,14,19H,9-11H2/p+1. The molecule has 2 aromatic rings. The maximum absolute atomic E-state index is 12.6. The Labute approximate surface area is 139 Å². The van der Waals surface area contributed by atoms with E-state index < -0.39 is 0 Å². The van der Waals surface area contributed by atoms with Crippen LogP contribution < -0.4 is 19.7 Å². The molecule has 24 heavy (non-hydrogen) atoms. The van der Waals surface area contributed by atoms with Gasteiger partial charge < -0.3 is 14.8 Å². The largest absolute Gasteiger partial charge is 0.454 e. The minimum Gasteiger partial charge on any atom is -0.454 e. The molecular weight excluding hydrogens is 308 g/mol. The van der Waals surface area contributed by atoms with Crippen LogP contribution in [-0.2, 0) is 16.1 Å². The van der Waals surface area contributed by atoms with Gasteiger partial charge in [-0.1, -0.05) is 18.2 Å². The Morgan fingerprint density at radius 1 is 1.04 bits per heavy atom. The zero-order valence-corrected chi connectivity index (χ0v) is 13.0. The van der Waals surface area contributed by atoms with Gasteiger partial charge in [-0.05, 0) is 30.3 Å². The zero-order valence-electron chi connectivity index (χ0n) is 13.0. The van der Waals surface area contributed by atoms with Gasteiger partial charge in [-0.2, -0.15) is 0 Å². The highest BCUT2D eigenvalue weighted by molar-refractivity contribution is 6.21. The molecule has 6 heteroatoms. The van der Waals surface area contributed by atoms with Crippen molar-refractivity contribution in [2.45, 2.75) is 19.0 Å². The van der Waals surface area contributed by atoms with Gasteiger partial charge in [0.25, 0.3) is 5.91 Å². The number of carbonyl (C=O) groups is 2. The summed E-state index contributed by atoms with van der Waals surface area (Å²) in [6.45, 7) is 0.840. The number of nitrogens with zero attached hydrogens (tertiary/aromatic N) is 1. The molecular formula is C18H17N2O4+. The zero-order chi connectivity index (χ0) is 16.5. The van der Waals surface area contributed by atoms with Crippen LogP contribution in [0.15, 0.2) is 48.5 Å². The molecule has 1 atom stereocenters. The van der Waals surface area contributed by atoms with Crippen LogP contribution in [0.4, 0.5) is 5.69 Å². The number of rotatable bonds is 4. The maximum Gasteiger partial charge on any atom is 0.292 e. The molecule has 0 aliphatic carbocycles. The molecule has 2 aliphatic heterocycles. The van der Waals surface area contributed by atoms with Gasteiger partial charge in [-0.3, -0.25) is 9.59 Å². The molecule has 2 N–H and O–H groups in total. The summed E-state index contributed by atoms with van der Waals surface area (Å²) in [4.78, 5) is 26.0. The van der Waals surface area contributed by atoms with E-state index in [9.17, 15) is 9.59 Å². The first-order chi connectivity index (χ1) is 11.7. The summed E-state index contributed by atoms with van der Waals surface area (Å²) in [5.41, 5.74) is 1.66. The first-order valence-electron chi connectivity index (χ1n) is 7.86. The molecule has 2 aliphatic rings. The van der Waals surface area contributed by atoms with Crippen LogP contribution in [0, 0.1) is 0 Å². The summed E-state index contributed by atoms with van der Waals surface area (Å²) in [6, 6.07) is 14.4. The molecule has 0 radical (unpaired) electrons. The molecule has 1 saturated heterocycles. The van der Waals surface area contributed by atoms with E-state index in [4.69, 9.17) is 9.47 Å². The van der Waals surface area contributed by atoms with Crippen LogP contribution >= 0.6 is 0 Å². The lowest BCUT2D eigenvalue weighted by Gasteiger charge is -2.14. The highest BCUT2D eigenvalue weighted by Gasteiger charge is 2.42. The Hall–Kier alpha value is -2.86. The van der Waals surface area contributed by atoms with Crippen molar-refractivity contribution in [3.63, 3.8) is 0 Å². The average molecular weight is 325 g/mol. The van der Waals surface area contributed by atoms with Crippen molar-refractivity contribution in [1.29, 1.82) is 0 Å². The van der Waals surface area contributed by atoms with E-state index in [0.717, 1.165) is 17.1 Å². The second kappa shape index (κ2) is 5.98. The Kier molecular flexibility index (Phi) is 3.66. The summed E-state index contributed by atoms with van der Waals surface area (Å²) >= 11 is 0. The number of anilines is 1. The fraction of sp³-hybridized carbons (Fsp3) is 0.222. The van der Waals surface area contributed by atoms with Crippen molar-refractivity contribution in [2.75, 3.05) is 11.7 Å². The molecule has 2 amide bonds. The van der Waals surface area contributed by atoms with E-state index in [-0.39, 0.29) is 31.1 Å². The number of amides is 2. The fourth-order valence-corrected chi connectivity index (χ4v) is 3.03. The van der Waals surface area contributed by atoms with E-state index in [1.54, 1.807) is 12.1 Å². The number of quaternary nitrogens is 1. The Balaban J connectivity index is 1.44. The third-order valence-electron chi connectivity index (χ3n) is 4.27. The molecule has 6 nitrogen and oxygen atoms in total. The molecule has 4 rings (SSSR count). The van der Waals surface area contributed by atoms with Gasteiger partial charge in [0.05, 0.1) is 12.1 Å². The molecule has 0 spiro atoms. The first-order valence-corrected chi connectivity index (χ1v) is 7.86. The summed E-state index contributed by atoms with van der Waals surface area (Å²) in [5.74, 6) is 1.15. The number of nitrogens with two attached hydrogens (primary N) is 1. The predicted molar refractivity (Wildman–Crippen MR) is 85.5 cm³/mol. The smallest absolute Gasteiger partial charge is 0.292 e. The van der Waals surface area contributed by atoms with Crippen molar-refractivity contribution in [3.8, 4) is 11.5 Å². The molecule has 1 fully saturated rings. The number of fused-ring (bicyclic) bond motifs is 1. The molecule has 0 bridgehead atoms. The van der Waals surface area contributed by atoms with Gasteiger partial charge in [0.15, 0.2) is 17.5 Å². The lowest BCUT2D eigenvalue weighted by atomic mass is 10.1. The van der Waals surface area contributed by atoms with Crippen molar-refractivity contribution >= 4 is 17.5 Å². The lowest BCUT2D eigenvalue weighted by Crippen LogP contribution is -2.90. The van der Waals surface area contributed by atoms with Crippen molar-refractivity contribution in [1.82, 2.24) is 0 Å². The average Bonchev–Trinajstić information content (AvgIpc) is 3.17. The number of imide groups is 1. The number of hydrogen-bond donors (Lipinski definition) is 1. The SMILES string of the molecule is O=C1CC([NH2+]Cc2ccc3c(c2)OCO3)C(=O)N1c1ccccc1. The molecule has 0 aromatic heterocycles. The molecule has 0 saturated carbocycles. The van der Waals surface area contributed by atoms with Gasteiger partial charge in [0.1, 0.15) is 6.54 Å². The minimum absolute atomic E-state index is 0.155. The number of benzene rings is 2. The van der Waals surface area contributed by atoms with Crippen LogP contribution in [-0.4, -0.2) is 24.6 Å². The summed E-state index contributed by atoms with van der Waals surface area (Å²) in [5, 5.41) is 1.90. The number of carbonyl (C=O) groups excluding carboxylic acids is 2. The van der Waals surface area contributed by atoms with Gasteiger partial charge >= 0.3 is 0 Å². The van der Waals surface area contributed by atoms with Crippen LogP contribution in [0.25, 0.3) is 0 Å². The molecule has 2 aromatic carbocycles. The maximum atomic E-state index is 12.6. The second-order valence-electron chi connectivity index (χ2n) is 5.84. The Bertz CT molecular complexity index is 791. The van der Waals surface area contributed by atoms with Crippen molar-refractivity contribution < 1.29 is 24.4 Å². The van der Waals surface area contributed by atoms with E-state index in [1.807, 2.05) is 41.7 Å². The van der Waals surface area contributed by atoms with E-state index in [2.05, 4.69) is 0 Å². The van der Waals surface area contributed by atoms with Crippen LogP contribution in [0.2, 0.25) is 0 Å². The molecule has 2 heterocycles. The van der Waals surface area contributed by atoms with Crippen LogP contribution in [0.1, 0.15) is 12.0 Å². The molecule has 122 valence electrons. The van der Waals surface area contributed by atoms with E-state index in [0.29, 0.717) is 12.2 Å². The quantitative estimate of drug-likeness (QED) is 0.845. The highest BCUT2D eigenvalue weighted by atomic mass is 16.7. The van der Waals surface area contributed by atoms with Gasteiger partial charge in [-0.25, -0.2) is 4.90 Å². The third-order valence-corrected chi connectivity index (χ3v) is 4.27. The lowest BCUT2D eigenvalue weighted by molar-refractivity contribution is -0.690. The monoisotopic (exact) mass is 325 g/mol. The van der Waals surface area contributed by atoms with Gasteiger partial charge in [0, 0.05) is 5.56 Å². The molecule has 1 unspecified atom stereocenters. The number of hydrogen-bond acceptors (Lipinski definition) is 4. The number of para-hydroxylation sites is 1. The Morgan fingerprint density at radius 2 is 1.83 bits per heavy atom. The van der Waals surface area contributed by atoms with E-state index >= 15 is 0 Å². The van der Waals surface area contributed by atoms with Crippen molar-refractivity contribution in [2.24, 2.45) is 0 Å². The third kappa shape index (κ3) is 2.61. The van der Waals surface area contributed by atoms with E-state index in [1.165, 1.54) is 4.90 Å².